The van der Waals surface area contributed by atoms with Gasteiger partial charge in [-0.25, -0.2) is 8.78 Å². The molecule has 1 N–H and O–H groups in total. The van der Waals surface area contributed by atoms with Gasteiger partial charge in [0.25, 0.3) is 0 Å². The molecule has 222 valence electrons. The van der Waals surface area contributed by atoms with Crippen LogP contribution in [0.2, 0.25) is 0 Å². The van der Waals surface area contributed by atoms with E-state index in [1.807, 2.05) is 26.8 Å². The van der Waals surface area contributed by atoms with Crippen LogP contribution in [0.25, 0.3) is 0 Å². The molecule has 5 heteroatoms. The number of allylic oxidation sites excluding steroid dienone is 1. The number of nitrogens with zero attached hydrogens (tertiary/aromatic N) is 2. The van der Waals surface area contributed by atoms with E-state index in [-0.39, 0.29) is 16.9 Å². The third kappa shape index (κ3) is 5.94. The van der Waals surface area contributed by atoms with Crippen molar-refractivity contribution in [2.75, 3.05) is 24.5 Å². The first-order valence-electron chi connectivity index (χ1n) is 15.5. The molecule has 2 bridgehead atoms. The lowest BCUT2D eigenvalue weighted by Gasteiger charge is -2.67. The minimum absolute atomic E-state index is 0.118. The molecule has 0 radical (unpaired) electrons. The summed E-state index contributed by atoms with van der Waals surface area (Å²) in [5, 5.41) is 8.55. The third-order valence-corrected chi connectivity index (χ3v) is 9.49. The van der Waals surface area contributed by atoms with Gasteiger partial charge in [0.1, 0.15) is 11.5 Å². The Morgan fingerprint density at radius 1 is 0.929 bits per heavy atom. The Balaban J connectivity index is 0.00000173. The predicted octanol–water partition coefficient (Wildman–Crippen LogP) is 9.01. The van der Waals surface area contributed by atoms with Gasteiger partial charge in [-0.2, -0.15) is 0 Å². The molecule has 0 amide bonds. The molecular formula is C37H45F2N3. The van der Waals surface area contributed by atoms with Crippen molar-refractivity contribution >= 4 is 11.4 Å². The summed E-state index contributed by atoms with van der Waals surface area (Å²) in [4.78, 5) is 4.91. The maximum Gasteiger partial charge on any atom is 0.132 e. The summed E-state index contributed by atoms with van der Waals surface area (Å²) in [6.07, 6.45) is 4.21. The Hall–Kier alpha value is -3.31. The van der Waals surface area contributed by atoms with E-state index in [4.69, 9.17) is 5.41 Å². The molecule has 3 aliphatic carbocycles. The number of aryl methyl sites for hydroxylation is 2. The van der Waals surface area contributed by atoms with E-state index in [0.29, 0.717) is 30.7 Å². The second kappa shape index (κ2) is 12.1. The SMILES string of the molecule is C=C(C1CCN(Cc2ccc(C(=N)c3ccccc3F)c(C)c2)CC1)N(CC12CC(F)(C1)C2)c1ccccc1C.CC. The van der Waals surface area contributed by atoms with Crippen LogP contribution in [-0.2, 0) is 6.54 Å². The minimum Gasteiger partial charge on any atom is -0.345 e. The highest BCUT2D eigenvalue weighted by atomic mass is 19.1. The summed E-state index contributed by atoms with van der Waals surface area (Å²) in [5.41, 5.74) is 6.39. The van der Waals surface area contributed by atoms with Crippen LogP contribution in [0.5, 0.6) is 0 Å². The van der Waals surface area contributed by atoms with Crippen LogP contribution in [0.3, 0.4) is 0 Å². The van der Waals surface area contributed by atoms with Crippen LogP contribution >= 0.6 is 0 Å². The van der Waals surface area contributed by atoms with Crippen LogP contribution in [0, 0.1) is 36.4 Å². The van der Waals surface area contributed by atoms with Crippen LogP contribution in [-0.4, -0.2) is 35.9 Å². The smallest absolute Gasteiger partial charge is 0.132 e. The lowest BCUT2D eigenvalue weighted by atomic mass is 9.42. The highest BCUT2D eigenvalue weighted by molar-refractivity contribution is 6.11. The molecule has 1 heterocycles. The van der Waals surface area contributed by atoms with E-state index < -0.39 is 5.67 Å². The molecule has 1 saturated heterocycles. The summed E-state index contributed by atoms with van der Waals surface area (Å²) in [6.45, 7) is 16.5. The van der Waals surface area contributed by atoms with E-state index >= 15 is 0 Å². The first kappa shape index (κ1) is 30.2. The molecule has 1 aliphatic heterocycles. The summed E-state index contributed by atoms with van der Waals surface area (Å²) in [7, 11) is 0. The molecule has 3 aromatic carbocycles. The van der Waals surface area contributed by atoms with Crippen molar-refractivity contribution in [3.05, 3.63) is 113 Å². The van der Waals surface area contributed by atoms with Gasteiger partial charge < -0.3 is 4.90 Å². The standard InChI is InChI=1S/C35H39F2N3.C2H6/c1-24-8-4-7-11-32(24)40(23-34-20-35(37,21-34)22-34)26(3)28-14-16-39(17-15-28)19-27-12-13-29(25(2)18-27)33(38)30-9-5-6-10-31(30)36;1-2/h4-13,18,28,38H,3,14-17,19-23H2,1-2H3;1-2H3. The van der Waals surface area contributed by atoms with E-state index in [1.54, 1.807) is 18.2 Å². The topological polar surface area (TPSA) is 30.3 Å². The largest absolute Gasteiger partial charge is 0.345 e. The third-order valence-electron chi connectivity index (χ3n) is 9.49. The van der Waals surface area contributed by atoms with Crippen LogP contribution < -0.4 is 4.90 Å². The molecule has 3 nitrogen and oxygen atoms in total. The van der Waals surface area contributed by atoms with Crippen molar-refractivity contribution in [3.63, 3.8) is 0 Å². The van der Waals surface area contributed by atoms with Gasteiger partial charge in [-0.05, 0) is 99.3 Å². The Morgan fingerprint density at radius 2 is 1.57 bits per heavy atom. The monoisotopic (exact) mass is 569 g/mol. The average Bonchev–Trinajstić information content (AvgIpc) is 2.96. The summed E-state index contributed by atoms with van der Waals surface area (Å²) in [5.74, 6) is 0.0462. The van der Waals surface area contributed by atoms with Crippen LogP contribution in [0.15, 0.2) is 79.0 Å². The van der Waals surface area contributed by atoms with Crippen LogP contribution in [0.1, 0.15) is 73.8 Å². The molecule has 3 saturated carbocycles. The van der Waals surface area contributed by atoms with Gasteiger partial charge in [-0.3, -0.25) is 10.3 Å². The summed E-state index contributed by atoms with van der Waals surface area (Å²) < 4.78 is 28.6. The molecule has 4 aliphatic rings. The van der Waals surface area contributed by atoms with Gasteiger partial charge >= 0.3 is 0 Å². The number of para-hydroxylation sites is 1. The number of likely N-dealkylation sites (tertiary alicyclic amines) is 1. The van der Waals surface area contributed by atoms with Gasteiger partial charge in [-0.1, -0.05) is 69.0 Å². The lowest BCUT2D eigenvalue weighted by Crippen LogP contribution is -2.68. The van der Waals surface area contributed by atoms with E-state index in [1.165, 1.54) is 28.6 Å². The fraction of sp³-hybridized carbons (Fsp3) is 0.432. The number of halogens is 2. The lowest BCUT2D eigenvalue weighted by molar-refractivity contribution is -0.206. The Kier molecular flexibility index (Phi) is 8.71. The quantitative estimate of drug-likeness (QED) is 0.261. The number of nitrogens with one attached hydrogen (secondary N) is 1. The van der Waals surface area contributed by atoms with Crippen molar-refractivity contribution < 1.29 is 8.78 Å². The molecule has 42 heavy (non-hydrogen) atoms. The molecule has 0 atom stereocenters. The first-order valence-corrected chi connectivity index (χ1v) is 15.5. The normalized spacial score (nSPS) is 23.2. The van der Waals surface area contributed by atoms with Crippen molar-refractivity contribution in [2.24, 2.45) is 11.3 Å². The van der Waals surface area contributed by atoms with E-state index in [0.717, 1.165) is 50.1 Å². The second-order valence-corrected chi connectivity index (χ2v) is 12.6. The number of alkyl halides is 1. The fourth-order valence-corrected chi connectivity index (χ4v) is 7.39. The van der Waals surface area contributed by atoms with Crippen molar-refractivity contribution in [3.8, 4) is 0 Å². The molecule has 0 unspecified atom stereocenters. The number of hydrogen-bond acceptors (Lipinski definition) is 3. The average molecular weight is 570 g/mol. The van der Waals surface area contributed by atoms with E-state index in [2.05, 4.69) is 59.7 Å². The molecule has 3 aromatic rings. The summed E-state index contributed by atoms with van der Waals surface area (Å²) in [6, 6.07) is 21.2. The molecule has 0 spiro atoms. The molecular weight excluding hydrogens is 524 g/mol. The maximum atomic E-state index is 14.3. The molecule has 4 fully saturated rings. The van der Waals surface area contributed by atoms with Gasteiger partial charge in [0, 0.05) is 41.5 Å². The maximum absolute atomic E-state index is 14.3. The number of anilines is 1. The first-order chi connectivity index (χ1) is 20.2. The van der Waals surface area contributed by atoms with Crippen molar-refractivity contribution in [1.82, 2.24) is 4.90 Å². The number of hydrogen-bond donors (Lipinski definition) is 1. The second-order valence-electron chi connectivity index (χ2n) is 12.6. The number of rotatable bonds is 9. The van der Waals surface area contributed by atoms with Crippen molar-refractivity contribution in [1.29, 1.82) is 5.41 Å². The number of benzene rings is 3. The minimum atomic E-state index is -0.890. The highest BCUT2D eigenvalue weighted by Crippen LogP contribution is 2.70. The highest BCUT2D eigenvalue weighted by Gasteiger charge is 2.69. The van der Waals surface area contributed by atoms with Gasteiger partial charge in [0.2, 0.25) is 0 Å². The fourth-order valence-electron chi connectivity index (χ4n) is 7.39. The van der Waals surface area contributed by atoms with Gasteiger partial charge in [-0.15, -0.1) is 0 Å². The predicted molar refractivity (Wildman–Crippen MR) is 171 cm³/mol. The van der Waals surface area contributed by atoms with Crippen LogP contribution in [0.4, 0.5) is 14.5 Å². The van der Waals surface area contributed by atoms with Crippen molar-refractivity contribution in [2.45, 2.75) is 72.0 Å². The summed E-state index contributed by atoms with van der Waals surface area (Å²) >= 11 is 0. The van der Waals surface area contributed by atoms with Gasteiger partial charge in [0.15, 0.2) is 0 Å². The Bertz CT molecular complexity index is 1430. The van der Waals surface area contributed by atoms with Gasteiger partial charge in [0.05, 0.1) is 5.71 Å². The molecule has 7 rings (SSSR count). The van der Waals surface area contributed by atoms with E-state index in [9.17, 15) is 8.78 Å². The Morgan fingerprint density at radius 3 is 2.19 bits per heavy atom. The molecule has 0 aromatic heterocycles. The zero-order valence-corrected chi connectivity index (χ0v) is 25.6. The zero-order chi connectivity index (χ0) is 30.1. The number of piperidine rings is 1. The zero-order valence-electron chi connectivity index (χ0n) is 25.6. The Labute approximate surface area is 250 Å².